The van der Waals surface area contributed by atoms with Gasteiger partial charge in [-0.05, 0) is 24.1 Å². The Labute approximate surface area is 88.5 Å². The number of rotatable bonds is 3. The van der Waals surface area contributed by atoms with Crippen LogP contribution in [0, 0.1) is 12.3 Å². The third kappa shape index (κ3) is 1.94. The van der Waals surface area contributed by atoms with Gasteiger partial charge in [0, 0.05) is 0 Å². The van der Waals surface area contributed by atoms with Crippen molar-refractivity contribution < 1.29 is 4.42 Å². The SMILES string of the molecule is C#CCNc1nc2ccc(CC)cc2o1. The Balaban J connectivity index is 2.34. The minimum Gasteiger partial charge on any atom is -0.424 e. The van der Waals surface area contributed by atoms with Crippen molar-refractivity contribution in [1.82, 2.24) is 4.98 Å². The highest BCUT2D eigenvalue weighted by Crippen LogP contribution is 2.20. The van der Waals surface area contributed by atoms with Gasteiger partial charge in [-0.1, -0.05) is 18.9 Å². The van der Waals surface area contributed by atoms with Crippen LogP contribution < -0.4 is 5.32 Å². The minimum absolute atomic E-state index is 0.424. The average Bonchev–Trinajstić information content (AvgIpc) is 2.67. The lowest BCUT2D eigenvalue weighted by molar-refractivity contribution is 0.618. The summed E-state index contributed by atoms with van der Waals surface area (Å²) in [6.07, 6.45) is 6.12. The van der Waals surface area contributed by atoms with Crippen molar-refractivity contribution in [3.05, 3.63) is 23.8 Å². The summed E-state index contributed by atoms with van der Waals surface area (Å²) in [7, 11) is 0. The highest BCUT2D eigenvalue weighted by Gasteiger charge is 2.04. The molecule has 0 aliphatic heterocycles. The van der Waals surface area contributed by atoms with Crippen LogP contribution in [0.3, 0.4) is 0 Å². The lowest BCUT2D eigenvalue weighted by Gasteiger charge is -1.93. The molecule has 0 aliphatic rings. The smallest absolute Gasteiger partial charge is 0.296 e. The quantitative estimate of drug-likeness (QED) is 0.773. The maximum atomic E-state index is 5.49. The maximum Gasteiger partial charge on any atom is 0.296 e. The largest absolute Gasteiger partial charge is 0.424 e. The Bertz CT molecular complexity index is 508. The lowest BCUT2D eigenvalue weighted by Crippen LogP contribution is -1.97. The summed E-state index contributed by atoms with van der Waals surface area (Å²) in [4.78, 5) is 4.25. The molecule has 0 aliphatic carbocycles. The van der Waals surface area contributed by atoms with Crippen molar-refractivity contribution >= 4 is 17.1 Å². The van der Waals surface area contributed by atoms with Gasteiger partial charge in [0.1, 0.15) is 5.52 Å². The summed E-state index contributed by atoms with van der Waals surface area (Å²) in [5, 5.41) is 2.91. The molecule has 0 unspecified atom stereocenters. The van der Waals surface area contributed by atoms with Gasteiger partial charge in [0.25, 0.3) is 6.01 Å². The van der Waals surface area contributed by atoms with Gasteiger partial charge in [0.05, 0.1) is 6.54 Å². The van der Waals surface area contributed by atoms with Crippen LogP contribution in [0.1, 0.15) is 12.5 Å². The van der Waals surface area contributed by atoms with Crippen molar-refractivity contribution in [3.8, 4) is 12.3 Å². The summed E-state index contributed by atoms with van der Waals surface area (Å²) in [6, 6.07) is 6.49. The van der Waals surface area contributed by atoms with Gasteiger partial charge in [-0.3, -0.25) is 0 Å². The first-order valence-electron chi connectivity index (χ1n) is 4.90. The van der Waals surface area contributed by atoms with Gasteiger partial charge in [-0.25, -0.2) is 0 Å². The molecule has 0 saturated carbocycles. The molecule has 0 saturated heterocycles. The van der Waals surface area contributed by atoms with Gasteiger partial charge < -0.3 is 9.73 Å². The van der Waals surface area contributed by atoms with Crippen LogP contribution in [0.2, 0.25) is 0 Å². The molecule has 0 fully saturated rings. The third-order valence-electron chi connectivity index (χ3n) is 2.20. The summed E-state index contributed by atoms with van der Waals surface area (Å²) in [5.74, 6) is 2.47. The second-order valence-corrected chi connectivity index (χ2v) is 3.23. The monoisotopic (exact) mass is 200 g/mol. The van der Waals surface area contributed by atoms with E-state index in [0.717, 1.165) is 17.5 Å². The van der Waals surface area contributed by atoms with Crippen LogP contribution >= 0.6 is 0 Å². The first-order valence-corrected chi connectivity index (χ1v) is 4.90. The topological polar surface area (TPSA) is 38.1 Å². The molecule has 2 aromatic rings. The van der Waals surface area contributed by atoms with Gasteiger partial charge in [0.15, 0.2) is 5.58 Å². The number of nitrogens with zero attached hydrogens (tertiary/aromatic N) is 1. The molecule has 0 spiro atoms. The Morgan fingerprint density at radius 3 is 3.13 bits per heavy atom. The number of hydrogen-bond acceptors (Lipinski definition) is 3. The number of benzene rings is 1. The predicted molar refractivity (Wildman–Crippen MR) is 60.7 cm³/mol. The molecule has 0 bridgehead atoms. The van der Waals surface area contributed by atoms with E-state index in [1.54, 1.807) is 0 Å². The number of oxazole rings is 1. The Morgan fingerprint density at radius 1 is 1.53 bits per heavy atom. The van der Waals surface area contributed by atoms with Crippen molar-refractivity contribution in [3.63, 3.8) is 0 Å². The van der Waals surface area contributed by atoms with E-state index in [2.05, 4.69) is 29.2 Å². The Kier molecular flexibility index (Phi) is 2.59. The molecule has 3 nitrogen and oxygen atoms in total. The van der Waals surface area contributed by atoms with Crippen LogP contribution in [0.4, 0.5) is 6.01 Å². The van der Waals surface area contributed by atoms with Gasteiger partial charge in [-0.15, -0.1) is 6.42 Å². The van der Waals surface area contributed by atoms with Crippen molar-refractivity contribution in [1.29, 1.82) is 0 Å². The zero-order valence-corrected chi connectivity index (χ0v) is 8.58. The average molecular weight is 200 g/mol. The standard InChI is InChI=1S/C12H12N2O/c1-3-7-13-12-14-10-6-5-9(4-2)8-11(10)15-12/h1,5-6,8H,4,7H2,2H3,(H,13,14). The normalized spacial score (nSPS) is 10.1. The first-order chi connectivity index (χ1) is 7.33. The van der Waals surface area contributed by atoms with E-state index in [1.165, 1.54) is 5.56 Å². The summed E-state index contributed by atoms with van der Waals surface area (Å²) < 4.78 is 5.49. The molecule has 1 N–H and O–H groups in total. The molecule has 3 heteroatoms. The number of fused-ring (bicyclic) bond motifs is 1. The van der Waals surface area contributed by atoms with E-state index in [9.17, 15) is 0 Å². The van der Waals surface area contributed by atoms with Gasteiger partial charge in [0.2, 0.25) is 0 Å². The van der Waals surface area contributed by atoms with E-state index >= 15 is 0 Å². The Hall–Kier alpha value is -1.95. The maximum absolute atomic E-state index is 5.49. The number of terminal acetylenes is 1. The molecule has 1 aromatic heterocycles. The highest BCUT2D eigenvalue weighted by molar-refractivity contribution is 5.75. The first kappa shape index (κ1) is 9.60. The number of aromatic nitrogens is 1. The fourth-order valence-corrected chi connectivity index (χ4v) is 1.39. The molecular weight excluding hydrogens is 188 g/mol. The second-order valence-electron chi connectivity index (χ2n) is 3.23. The zero-order chi connectivity index (χ0) is 10.7. The molecule has 0 radical (unpaired) electrons. The van der Waals surface area contributed by atoms with Crippen LogP contribution in [-0.4, -0.2) is 11.5 Å². The van der Waals surface area contributed by atoms with Crippen LogP contribution in [0.15, 0.2) is 22.6 Å². The minimum atomic E-state index is 0.424. The van der Waals surface area contributed by atoms with Crippen molar-refractivity contribution in [2.75, 3.05) is 11.9 Å². The van der Waals surface area contributed by atoms with Crippen LogP contribution in [0.25, 0.3) is 11.1 Å². The summed E-state index contributed by atoms with van der Waals surface area (Å²) in [6.45, 7) is 2.53. The van der Waals surface area contributed by atoms with E-state index in [4.69, 9.17) is 10.8 Å². The fraction of sp³-hybridized carbons (Fsp3) is 0.250. The molecule has 0 atom stereocenters. The second kappa shape index (κ2) is 4.05. The predicted octanol–water partition coefficient (Wildman–Crippen LogP) is 2.44. The number of aryl methyl sites for hydroxylation is 1. The summed E-state index contributed by atoms with van der Waals surface area (Å²) in [5.41, 5.74) is 2.89. The molecule has 1 aromatic carbocycles. The number of hydrogen-bond donors (Lipinski definition) is 1. The Morgan fingerprint density at radius 2 is 2.40 bits per heavy atom. The van der Waals surface area contributed by atoms with Gasteiger partial charge >= 0.3 is 0 Å². The van der Waals surface area contributed by atoms with E-state index in [0.29, 0.717) is 12.6 Å². The number of anilines is 1. The molecule has 0 amide bonds. The molecule has 15 heavy (non-hydrogen) atoms. The van der Waals surface area contributed by atoms with Crippen molar-refractivity contribution in [2.45, 2.75) is 13.3 Å². The van der Waals surface area contributed by atoms with E-state index in [-0.39, 0.29) is 0 Å². The van der Waals surface area contributed by atoms with Gasteiger partial charge in [-0.2, -0.15) is 4.98 Å². The molecule has 2 rings (SSSR count). The highest BCUT2D eigenvalue weighted by atomic mass is 16.4. The summed E-state index contributed by atoms with van der Waals surface area (Å²) >= 11 is 0. The fourth-order valence-electron chi connectivity index (χ4n) is 1.39. The van der Waals surface area contributed by atoms with E-state index in [1.807, 2.05) is 12.1 Å². The zero-order valence-electron chi connectivity index (χ0n) is 8.58. The van der Waals surface area contributed by atoms with Crippen molar-refractivity contribution in [2.24, 2.45) is 0 Å². The lowest BCUT2D eigenvalue weighted by atomic mass is 10.2. The van der Waals surface area contributed by atoms with Crippen LogP contribution in [-0.2, 0) is 6.42 Å². The van der Waals surface area contributed by atoms with Crippen LogP contribution in [0.5, 0.6) is 0 Å². The third-order valence-corrected chi connectivity index (χ3v) is 2.20. The molecule has 76 valence electrons. The number of nitrogens with one attached hydrogen (secondary N) is 1. The molecule has 1 heterocycles. The van der Waals surface area contributed by atoms with E-state index < -0.39 is 0 Å². The molecular formula is C12H12N2O.